The molecule has 2 aromatic carbocycles. The van der Waals surface area contributed by atoms with Crippen LogP contribution in [-0.2, 0) is 11.2 Å². The number of aromatic nitrogens is 1. The van der Waals surface area contributed by atoms with E-state index in [-0.39, 0.29) is 16.8 Å². The predicted molar refractivity (Wildman–Crippen MR) is 88.6 cm³/mol. The maximum atomic E-state index is 12.8. The van der Waals surface area contributed by atoms with E-state index in [0.29, 0.717) is 15.9 Å². The summed E-state index contributed by atoms with van der Waals surface area (Å²) >= 11 is 5.94. The number of benzene rings is 2. The molecule has 0 amide bonds. The van der Waals surface area contributed by atoms with Crippen LogP contribution < -0.4 is 9.84 Å². The van der Waals surface area contributed by atoms with Crippen LogP contribution in [0.4, 0.5) is 13.2 Å². The van der Waals surface area contributed by atoms with Gasteiger partial charge in [-0.2, -0.15) is 0 Å². The highest BCUT2D eigenvalue weighted by Crippen LogP contribution is 2.29. The van der Waals surface area contributed by atoms with Crippen LogP contribution >= 0.6 is 11.6 Å². The number of halogens is 4. The largest absolute Gasteiger partial charge is 0.573 e. The van der Waals surface area contributed by atoms with Gasteiger partial charge in [0.05, 0.1) is 5.69 Å². The quantitative estimate of drug-likeness (QED) is 0.671. The summed E-state index contributed by atoms with van der Waals surface area (Å²) in [6, 6.07) is 8.99. The lowest BCUT2D eigenvalue weighted by Crippen LogP contribution is -2.25. The lowest BCUT2D eigenvalue weighted by Gasteiger charge is -2.09. The van der Waals surface area contributed by atoms with Crippen LogP contribution in [0.25, 0.3) is 10.9 Å². The van der Waals surface area contributed by atoms with Crippen LogP contribution in [0.2, 0.25) is 5.02 Å². The third-order valence-electron chi connectivity index (χ3n) is 3.77. The summed E-state index contributed by atoms with van der Waals surface area (Å²) in [7, 11) is 0. The van der Waals surface area contributed by atoms with E-state index >= 15 is 0 Å². The number of carboxylic acid groups (broad SMARTS) is 1. The van der Waals surface area contributed by atoms with Crippen molar-refractivity contribution in [2.75, 3.05) is 0 Å². The summed E-state index contributed by atoms with van der Waals surface area (Å²) in [6.45, 7) is 0. The minimum Gasteiger partial charge on any atom is -0.550 e. The molecule has 3 aromatic rings. The van der Waals surface area contributed by atoms with Gasteiger partial charge in [0.1, 0.15) is 5.75 Å². The predicted octanol–water partition coefficient (Wildman–Crippen LogP) is 3.24. The second kappa shape index (κ2) is 6.96. The molecule has 0 atom stereocenters. The van der Waals surface area contributed by atoms with Crippen LogP contribution in [0.15, 0.2) is 42.5 Å². The minimum atomic E-state index is -4.84. The first-order chi connectivity index (χ1) is 12.6. The monoisotopic (exact) mass is 396 g/mol. The number of aromatic amines is 1. The van der Waals surface area contributed by atoms with E-state index in [2.05, 4.69) is 9.72 Å². The van der Waals surface area contributed by atoms with Crippen LogP contribution in [-0.4, -0.2) is 23.1 Å². The summed E-state index contributed by atoms with van der Waals surface area (Å²) in [5, 5.41) is 11.9. The van der Waals surface area contributed by atoms with Crippen LogP contribution in [0.3, 0.4) is 0 Å². The highest BCUT2D eigenvalue weighted by atomic mass is 35.5. The van der Waals surface area contributed by atoms with Crippen molar-refractivity contribution in [3.8, 4) is 5.75 Å². The van der Waals surface area contributed by atoms with Crippen LogP contribution in [0.5, 0.6) is 5.75 Å². The van der Waals surface area contributed by atoms with E-state index in [1.54, 1.807) is 12.1 Å². The highest BCUT2D eigenvalue weighted by Gasteiger charge is 2.31. The number of ether oxygens (including phenoxy) is 1. The Kier molecular flexibility index (Phi) is 4.84. The Morgan fingerprint density at radius 2 is 1.78 bits per heavy atom. The fourth-order valence-corrected chi connectivity index (χ4v) is 2.87. The number of carbonyl (C=O) groups is 2. The smallest absolute Gasteiger partial charge is 0.550 e. The zero-order chi connectivity index (χ0) is 19.8. The van der Waals surface area contributed by atoms with Crippen molar-refractivity contribution in [3.63, 3.8) is 0 Å². The van der Waals surface area contributed by atoms with Gasteiger partial charge >= 0.3 is 6.36 Å². The fraction of sp³-hybridized carbons (Fsp3) is 0.111. The van der Waals surface area contributed by atoms with E-state index in [0.717, 1.165) is 24.3 Å². The van der Waals surface area contributed by atoms with Crippen molar-refractivity contribution in [1.82, 2.24) is 4.98 Å². The second-order valence-electron chi connectivity index (χ2n) is 5.62. The summed E-state index contributed by atoms with van der Waals surface area (Å²) in [6.07, 6.45) is -5.37. The van der Waals surface area contributed by atoms with E-state index < -0.39 is 30.3 Å². The van der Waals surface area contributed by atoms with Gasteiger partial charge in [0.2, 0.25) is 5.78 Å². The number of nitrogens with one attached hydrogen (secondary N) is 1. The Morgan fingerprint density at radius 3 is 2.37 bits per heavy atom. The standard InChI is InChI=1S/C18H11ClF3NO4/c19-10-3-6-14-12(7-10)13(8-15(24)25)16(23-14)17(26)9-1-4-11(5-2-9)27-18(20,21)22/h1-7,23H,8H2,(H,24,25)/p-1. The van der Waals surface area contributed by atoms with Crippen molar-refractivity contribution in [2.24, 2.45) is 0 Å². The molecule has 3 rings (SSSR count). The lowest BCUT2D eigenvalue weighted by atomic mass is 10.0. The zero-order valence-electron chi connectivity index (χ0n) is 13.4. The first kappa shape index (κ1) is 18.8. The van der Waals surface area contributed by atoms with Gasteiger partial charge in [-0.15, -0.1) is 13.2 Å². The third kappa shape index (κ3) is 4.22. The molecular weight excluding hydrogens is 387 g/mol. The van der Waals surface area contributed by atoms with Crippen LogP contribution in [0.1, 0.15) is 21.6 Å². The van der Waals surface area contributed by atoms with E-state index in [1.165, 1.54) is 6.07 Å². The van der Waals surface area contributed by atoms with Crippen molar-refractivity contribution in [3.05, 3.63) is 64.3 Å². The minimum absolute atomic E-state index is 0.000886. The fourth-order valence-electron chi connectivity index (χ4n) is 2.69. The summed E-state index contributed by atoms with van der Waals surface area (Å²) in [5.74, 6) is -2.45. The van der Waals surface area contributed by atoms with Gasteiger partial charge in [0.15, 0.2) is 0 Å². The maximum Gasteiger partial charge on any atom is 0.573 e. The maximum absolute atomic E-state index is 12.8. The molecule has 0 saturated heterocycles. The molecule has 0 aliphatic rings. The molecule has 0 spiro atoms. The number of ketones is 1. The van der Waals surface area contributed by atoms with Crippen molar-refractivity contribution in [2.45, 2.75) is 12.8 Å². The van der Waals surface area contributed by atoms with Crippen molar-refractivity contribution in [1.29, 1.82) is 0 Å². The first-order valence-corrected chi connectivity index (χ1v) is 7.92. The average molecular weight is 397 g/mol. The molecule has 1 heterocycles. The number of alkyl halides is 3. The number of rotatable bonds is 5. The van der Waals surface area contributed by atoms with E-state index in [1.807, 2.05) is 0 Å². The zero-order valence-corrected chi connectivity index (χ0v) is 14.1. The number of carbonyl (C=O) groups excluding carboxylic acids is 2. The van der Waals surface area contributed by atoms with Gasteiger partial charge < -0.3 is 19.6 Å². The molecule has 0 aliphatic heterocycles. The molecule has 27 heavy (non-hydrogen) atoms. The Balaban J connectivity index is 2.01. The van der Waals surface area contributed by atoms with Crippen molar-refractivity contribution >= 4 is 34.3 Å². The second-order valence-corrected chi connectivity index (χ2v) is 6.05. The normalized spacial score (nSPS) is 11.6. The molecule has 140 valence electrons. The van der Waals surface area contributed by atoms with E-state index in [4.69, 9.17) is 11.6 Å². The molecule has 0 bridgehead atoms. The number of hydrogen-bond donors (Lipinski definition) is 1. The number of H-pyrrole nitrogens is 1. The molecule has 1 N–H and O–H groups in total. The van der Waals surface area contributed by atoms with Gasteiger partial charge in [-0.25, -0.2) is 0 Å². The Morgan fingerprint density at radius 1 is 1.11 bits per heavy atom. The number of carboxylic acids is 1. The van der Waals surface area contributed by atoms with Gasteiger partial charge in [-0.3, -0.25) is 4.79 Å². The first-order valence-electron chi connectivity index (χ1n) is 7.54. The molecule has 1 aromatic heterocycles. The van der Waals surface area contributed by atoms with E-state index in [9.17, 15) is 27.9 Å². The Hall–Kier alpha value is -3.00. The molecule has 0 radical (unpaired) electrons. The molecule has 0 unspecified atom stereocenters. The molecule has 0 aliphatic carbocycles. The van der Waals surface area contributed by atoms with Crippen LogP contribution in [0, 0.1) is 0 Å². The summed E-state index contributed by atoms with van der Waals surface area (Å²) in [5.41, 5.74) is 0.742. The molecule has 9 heteroatoms. The number of aliphatic carboxylic acids is 1. The highest BCUT2D eigenvalue weighted by molar-refractivity contribution is 6.31. The van der Waals surface area contributed by atoms with Gasteiger partial charge in [0.25, 0.3) is 0 Å². The lowest BCUT2D eigenvalue weighted by molar-refractivity contribution is -0.304. The topological polar surface area (TPSA) is 82.2 Å². The van der Waals surface area contributed by atoms with Gasteiger partial charge in [0, 0.05) is 33.9 Å². The molecule has 5 nitrogen and oxygen atoms in total. The average Bonchev–Trinajstić information content (AvgIpc) is 2.91. The number of hydrogen-bond acceptors (Lipinski definition) is 4. The van der Waals surface area contributed by atoms with Gasteiger partial charge in [-0.05, 0) is 48.0 Å². The summed E-state index contributed by atoms with van der Waals surface area (Å²) in [4.78, 5) is 26.7. The van der Waals surface area contributed by atoms with Gasteiger partial charge in [-0.1, -0.05) is 11.6 Å². The summed E-state index contributed by atoms with van der Waals surface area (Å²) < 4.78 is 40.4. The Bertz CT molecular complexity index is 1030. The molecular formula is C18H10ClF3NO4-. The molecule has 0 saturated carbocycles. The third-order valence-corrected chi connectivity index (χ3v) is 4.00. The molecule has 0 fully saturated rings. The number of fused-ring (bicyclic) bond motifs is 1. The Labute approximate surface area is 155 Å². The van der Waals surface area contributed by atoms with Crippen molar-refractivity contribution < 1.29 is 32.6 Å². The SMILES string of the molecule is O=C([O-])Cc1c(C(=O)c2ccc(OC(F)(F)F)cc2)[nH]c2ccc(Cl)cc12.